The number of benzene rings is 1. The lowest BCUT2D eigenvalue weighted by atomic mass is 9.94. The number of thioether (sulfide) groups is 1. The molecular weight excluding hydrogens is 360 g/mol. The molecule has 7 heteroatoms. The Morgan fingerprint density at radius 2 is 1.59 bits per heavy atom. The molecule has 2 amide bonds. The number of hydrogen-bond donors (Lipinski definition) is 0. The number of aromatic nitrogens is 2. The zero-order valence-corrected chi connectivity index (χ0v) is 17.1. The van der Waals surface area contributed by atoms with E-state index in [0.29, 0.717) is 31.9 Å². The highest BCUT2D eigenvalue weighted by Gasteiger charge is 2.32. The number of hydrogen-bond acceptors (Lipinski definition) is 4. The van der Waals surface area contributed by atoms with Crippen LogP contribution in [0.25, 0.3) is 5.69 Å². The second kappa shape index (κ2) is 7.76. The Morgan fingerprint density at radius 3 is 2.15 bits per heavy atom. The van der Waals surface area contributed by atoms with Crippen LogP contribution < -0.4 is 0 Å². The van der Waals surface area contributed by atoms with E-state index in [1.807, 2.05) is 71.7 Å². The van der Waals surface area contributed by atoms with Crippen LogP contribution in [-0.4, -0.2) is 63.6 Å². The smallest absolute Gasteiger partial charge is 0.272 e. The molecule has 0 aliphatic carbocycles. The molecule has 27 heavy (non-hydrogen) atoms. The minimum atomic E-state index is -0.397. The summed E-state index contributed by atoms with van der Waals surface area (Å²) in [7, 11) is 0. The van der Waals surface area contributed by atoms with Crippen molar-refractivity contribution in [3.8, 4) is 5.69 Å². The Kier molecular flexibility index (Phi) is 5.60. The van der Waals surface area contributed by atoms with Gasteiger partial charge in [0.1, 0.15) is 5.69 Å². The van der Waals surface area contributed by atoms with E-state index in [-0.39, 0.29) is 11.8 Å². The van der Waals surface area contributed by atoms with Gasteiger partial charge in [0.25, 0.3) is 5.91 Å². The van der Waals surface area contributed by atoms with E-state index in [2.05, 4.69) is 4.98 Å². The highest BCUT2D eigenvalue weighted by Crippen LogP contribution is 2.24. The molecule has 3 rings (SSSR count). The molecule has 0 bridgehead atoms. The minimum Gasteiger partial charge on any atom is -0.339 e. The van der Waals surface area contributed by atoms with Crippen molar-refractivity contribution < 1.29 is 9.59 Å². The van der Waals surface area contributed by atoms with Gasteiger partial charge in [0.2, 0.25) is 5.91 Å². The number of rotatable bonds is 3. The van der Waals surface area contributed by atoms with Crippen LogP contribution in [0.4, 0.5) is 0 Å². The maximum atomic E-state index is 13.1. The molecule has 1 fully saturated rings. The zero-order chi connectivity index (χ0) is 19.6. The van der Waals surface area contributed by atoms with Crippen molar-refractivity contribution in [2.24, 2.45) is 5.41 Å². The molecule has 0 radical (unpaired) electrons. The van der Waals surface area contributed by atoms with Crippen LogP contribution in [0, 0.1) is 5.41 Å². The van der Waals surface area contributed by atoms with Crippen LogP contribution in [-0.2, 0) is 4.79 Å². The summed E-state index contributed by atoms with van der Waals surface area (Å²) in [6.07, 6.45) is 3.60. The summed E-state index contributed by atoms with van der Waals surface area (Å²) in [5.74, 6) is 0.0862. The highest BCUT2D eigenvalue weighted by molar-refractivity contribution is 7.98. The Morgan fingerprint density at radius 1 is 1.00 bits per heavy atom. The van der Waals surface area contributed by atoms with Crippen LogP contribution >= 0.6 is 11.8 Å². The SMILES string of the molecule is CSc1ncc(C(=O)N2CCN(C(=O)C(C)(C)C)CC2)n1-c1ccccc1. The number of para-hydroxylation sites is 1. The highest BCUT2D eigenvalue weighted by atomic mass is 32.2. The largest absolute Gasteiger partial charge is 0.339 e. The predicted octanol–water partition coefficient (Wildman–Crippen LogP) is 2.92. The third kappa shape index (κ3) is 4.03. The lowest BCUT2D eigenvalue weighted by Gasteiger charge is -2.37. The number of nitrogens with zero attached hydrogens (tertiary/aromatic N) is 4. The van der Waals surface area contributed by atoms with Crippen molar-refractivity contribution in [1.29, 1.82) is 0 Å². The Balaban J connectivity index is 1.78. The summed E-state index contributed by atoms with van der Waals surface area (Å²) >= 11 is 1.51. The van der Waals surface area contributed by atoms with Crippen molar-refractivity contribution in [2.75, 3.05) is 32.4 Å². The van der Waals surface area contributed by atoms with E-state index < -0.39 is 5.41 Å². The van der Waals surface area contributed by atoms with Crippen molar-refractivity contribution in [3.05, 3.63) is 42.2 Å². The van der Waals surface area contributed by atoms with Crippen LogP contribution in [0.3, 0.4) is 0 Å². The van der Waals surface area contributed by atoms with Gasteiger partial charge in [-0.25, -0.2) is 4.98 Å². The summed E-state index contributed by atoms with van der Waals surface area (Å²) in [4.78, 5) is 33.7. The van der Waals surface area contributed by atoms with Gasteiger partial charge in [-0.05, 0) is 18.4 Å². The van der Waals surface area contributed by atoms with E-state index in [4.69, 9.17) is 0 Å². The molecule has 1 saturated heterocycles. The zero-order valence-electron chi connectivity index (χ0n) is 16.3. The molecule has 0 atom stereocenters. The van der Waals surface area contributed by atoms with Crippen LogP contribution in [0.1, 0.15) is 31.3 Å². The first-order chi connectivity index (χ1) is 12.8. The molecule has 2 heterocycles. The van der Waals surface area contributed by atoms with Gasteiger partial charge >= 0.3 is 0 Å². The Hall–Kier alpha value is -2.28. The standard InChI is InChI=1S/C20H26N4O2S/c1-20(2,3)18(26)23-12-10-22(11-13-23)17(25)16-14-21-19(27-4)24(16)15-8-6-5-7-9-15/h5-9,14H,10-13H2,1-4H3. The van der Waals surface area contributed by atoms with Gasteiger partial charge in [-0.1, -0.05) is 50.7 Å². The molecule has 144 valence electrons. The maximum absolute atomic E-state index is 13.1. The molecule has 2 aromatic rings. The van der Waals surface area contributed by atoms with E-state index in [0.717, 1.165) is 10.8 Å². The molecule has 0 unspecified atom stereocenters. The molecular formula is C20H26N4O2S. The summed E-state index contributed by atoms with van der Waals surface area (Å²) in [5.41, 5.74) is 1.08. The van der Waals surface area contributed by atoms with Crippen molar-refractivity contribution in [1.82, 2.24) is 19.4 Å². The lowest BCUT2D eigenvalue weighted by Crippen LogP contribution is -2.53. The Bertz CT molecular complexity index is 818. The first-order valence-corrected chi connectivity index (χ1v) is 10.3. The third-order valence-electron chi connectivity index (χ3n) is 4.64. The van der Waals surface area contributed by atoms with E-state index in [1.165, 1.54) is 11.8 Å². The number of carbonyl (C=O) groups is 2. The third-order valence-corrected chi connectivity index (χ3v) is 5.29. The van der Waals surface area contributed by atoms with Gasteiger partial charge in [-0.15, -0.1) is 0 Å². The van der Waals surface area contributed by atoms with Crippen molar-refractivity contribution >= 4 is 23.6 Å². The fourth-order valence-corrected chi connectivity index (χ4v) is 3.75. The molecule has 1 aromatic carbocycles. The maximum Gasteiger partial charge on any atom is 0.272 e. The number of imidazole rings is 1. The first-order valence-electron chi connectivity index (χ1n) is 9.08. The average Bonchev–Trinajstić information content (AvgIpc) is 3.11. The summed E-state index contributed by atoms with van der Waals surface area (Å²) in [5, 5.41) is 0.783. The first kappa shape index (κ1) is 19.5. The lowest BCUT2D eigenvalue weighted by molar-refractivity contribution is -0.140. The van der Waals surface area contributed by atoms with Gasteiger partial charge in [0.15, 0.2) is 5.16 Å². The topological polar surface area (TPSA) is 58.4 Å². The second-order valence-corrected chi connectivity index (χ2v) is 8.41. The van der Waals surface area contributed by atoms with Gasteiger partial charge < -0.3 is 9.80 Å². The van der Waals surface area contributed by atoms with Crippen molar-refractivity contribution in [2.45, 2.75) is 25.9 Å². The van der Waals surface area contributed by atoms with E-state index in [1.54, 1.807) is 6.20 Å². The molecule has 1 aliphatic heterocycles. The summed E-state index contributed by atoms with van der Waals surface area (Å²) < 4.78 is 1.90. The van der Waals surface area contributed by atoms with E-state index >= 15 is 0 Å². The second-order valence-electron chi connectivity index (χ2n) is 7.64. The fraction of sp³-hybridized carbons (Fsp3) is 0.450. The van der Waals surface area contributed by atoms with Gasteiger partial charge in [-0.2, -0.15) is 0 Å². The number of carbonyl (C=O) groups excluding carboxylic acids is 2. The van der Waals surface area contributed by atoms with E-state index in [9.17, 15) is 9.59 Å². The molecule has 0 N–H and O–H groups in total. The van der Waals surface area contributed by atoms with Crippen LogP contribution in [0.2, 0.25) is 0 Å². The molecule has 1 aliphatic rings. The molecule has 0 spiro atoms. The van der Waals surface area contributed by atoms with Crippen molar-refractivity contribution in [3.63, 3.8) is 0 Å². The van der Waals surface area contributed by atoms with Crippen LogP contribution in [0.15, 0.2) is 41.7 Å². The normalized spacial score (nSPS) is 15.1. The monoisotopic (exact) mass is 386 g/mol. The molecule has 1 aromatic heterocycles. The Labute approximate surface area is 164 Å². The van der Waals surface area contributed by atoms with Crippen LogP contribution in [0.5, 0.6) is 0 Å². The minimum absolute atomic E-state index is 0.0467. The van der Waals surface area contributed by atoms with Gasteiger partial charge in [0.05, 0.1) is 6.20 Å². The predicted molar refractivity (Wildman–Crippen MR) is 107 cm³/mol. The van der Waals surface area contributed by atoms with Gasteiger partial charge in [-0.3, -0.25) is 14.2 Å². The number of piperazine rings is 1. The number of amides is 2. The van der Waals surface area contributed by atoms with Gasteiger partial charge in [0, 0.05) is 37.3 Å². The molecule has 6 nitrogen and oxygen atoms in total. The summed E-state index contributed by atoms with van der Waals surface area (Å²) in [6, 6.07) is 9.79. The quantitative estimate of drug-likeness (QED) is 0.761. The summed E-state index contributed by atoms with van der Waals surface area (Å²) in [6.45, 7) is 7.98. The fourth-order valence-electron chi connectivity index (χ4n) is 3.21. The average molecular weight is 387 g/mol. The molecule has 0 saturated carbocycles.